The first kappa shape index (κ1) is 18.8. The van der Waals surface area contributed by atoms with Crippen molar-refractivity contribution in [1.29, 1.82) is 0 Å². The Morgan fingerprint density at radius 1 is 1.24 bits per heavy atom. The van der Waals surface area contributed by atoms with Crippen LogP contribution in [0.25, 0.3) is 20.4 Å². The van der Waals surface area contributed by atoms with Gasteiger partial charge in [-0.15, -0.1) is 11.3 Å². The largest absolute Gasteiger partial charge is 0.497 e. The Morgan fingerprint density at radius 3 is 3.03 bits per heavy atom. The van der Waals surface area contributed by atoms with Crippen molar-refractivity contribution in [2.75, 3.05) is 18.2 Å². The van der Waals surface area contributed by atoms with E-state index in [1.54, 1.807) is 24.8 Å². The van der Waals surface area contributed by atoms with Gasteiger partial charge in [-0.25, -0.2) is 15.0 Å². The molecule has 0 spiro atoms. The summed E-state index contributed by atoms with van der Waals surface area (Å²) in [6.07, 6.45) is 6.26. The molecule has 9 heteroatoms. The molecule has 3 heterocycles. The Labute approximate surface area is 179 Å². The molecule has 0 atom stereocenters. The molecule has 0 saturated heterocycles. The molecule has 1 aromatic carbocycles. The highest BCUT2D eigenvalue weighted by atomic mass is 32.2. The molecule has 4 aromatic rings. The van der Waals surface area contributed by atoms with Gasteiger partial charge < -0.3 is 10.1 Å². The molecule has 148 valence electrons. The lowest BCUT2D eigenvalue weighted by atomic mass is 9.97. The van der Waals surface area contributed by atoms with Crippen LogP contribution in [0.1, 0.15) is 23.3 Å². The van der Waals surface area contributed by atoms with Gasteiger partial charge in [-0.3, -0.25) is 4.79 Å². The third kappa shape index (κ3) is 3.70. The minimum Gasteiger partial charge on any atom is -0.497 e. The lowest BCUT2D eigenvalue weighted by molar-refractivity contribution is -0.113. The first-order valence-corrected chi connectivity index (χ1v) is 12.0. The summed E-state index contributed by atoms with van der Waals surface area (Å²) in [4.78, 5) is 28.4. The number of thioether (sulfide) groups is 1. The van der Waals surface area contributed by atoms with Crippen LogP contribution in [-0.2, 0) is 17.6 Å². The molecule has 29 heavy (non-hydrogen) atoms. The molecule has 5 rings (SSSR count). The summed E-state index contributed by atoms with van der Waals surface area (Å²) in [6, 6.07) is 5.69. The number of aromatic nitrogens is 3. The lowest BCUT2D eigenvalue weighted by Crippen LogP contribution is -2.14. The van der Waals surface area contributed by atoms with Gasteiger partial charge in [0.1, 0.15) is 21.9 Å². The van der Waals surface area contributed by atoms with Crippen LogP contribution in [0.2, 0.25) is 0 Å². The van der Waals surface area contributed by atoms with Gasteiger partial charge in [0.2, 0.25) is 5.91 Å². The Balaban J connectivity index is 1.31. The molecule has 0 saturated carbocycles. The zero-order chi connectivity index (χ0) is 19.8. The maximum absolute atomic E-state index is 12.5. The van der Waals surface area contributed by atoms with Gasteiger partial charge in [0.25, 0.3) is 0 Å². The number of rotatable bonds is 5. The molecule has 0 unspecified atom stereocenters. The van der Waals surface area contributed by atoms with E-state index in [4.69, 9.17) is 4.74 Å². The van der Waals surface area contributed by atoms with Crippen molar-refractivity contribution in [3.63, 3.8) is 0 Å². The van der Waals surface area contributed by atoms with Crippen molar-refractivity contribution in [3.05, 3.63) is 35.0 Å². The van der Waals surface area contributed by atoms with Crippen LogP contribution >= 0.6 is 34.4 Å². The molecule has 0 bridgehead atoms. The molecule has 0 aliphatic heterocycles. The summed E-state index contributed by atoms with van der Waals surface area (Å²) in [6.45, 7) is 0. The molecule has 6 nitrogen and oxygen atoms in total. The van der Waals surface area contributed by atoms with Gasteiger partial charge in [-0.1, -0.05) is 23.1 Å². The first-order chi connectivity index (χ1) is 14.2. The van der Waals surface area contributed by atoms with Crippen LogP contribution in [0.5, 0.6) is 5.75 Å². The highest BCUT2D eigenvalue weighted by molar-refractivity contribution is 8.00. The van der Waals surface area contributed by atoms with Crippen molar-refractivity contribution < 1.29 is 9.53 Å². The lowest BCUT2D eigenvalue weighted by Gasteiger charge is -2.11. The van der Waals surface area contributed by atoms with Crippen LogP contribution in [0.15, 0.2) is 29.6 Å². The quantitative estimate of drug-likeness (QED) is 0.349. The normalized spacial score (nSPS) is 13.6. The minimum absolute atomic E-state index is 0.0862. The second-order valence-electron chi connectivity index (χ2n) is 6.76. The van der Waals surface area contributed by atoms with E-state index in [2.05, 4.69) is 20.3 Å². The SMILES string of the molecule is COc1ccc2nc(NC(=O)CSc3ncnc4sc5c(c34)CCCC5)sc2c1. The van der Waals surface area contributed by atoms with Crippen molar-refractivity contribution in [2.45, 2.75) is 30.7 Å². The Bertz CT molecular complexity index is 1220. The number of anilines is 1. The van der Waals surface area contributed by atoms with E-state index in [0.717, 1.165) is 44.1 Å². The van der Waals surface area contributed by atoms with Crippen molar-refractivity contribution in [1.82, 2.24) is 15.0 Å². The third-order valence-electron chi connectivity index (χ3n) is 4.90. The third-order valence-corrected chi connectivity index (χ3v) is 8.02. The Kier molecular flexibility index (Phi) is 5.11. The fraction of sp³-hybridized carbons (Fsp3) is 0.300. The number of hydrogen-bond donors (Lipinski definition) is 1. The summed E-state index contributed by atoms with van der Waals surface area (Å²) in [5.74, 6) is 0.981. The number of nitrogens with zero attached hydrogens (tertiary/aromatic N) is 3. The van der Waals surface area contributed by atoms with Crippen molar-refractivity contribution in [3.8, 4) is 5.75 Å². The fourth-order valence-corrected chi connectivity index (χ4v) is 6.58. The van der Waals surface area contributed by atoms with Crippen LogP contribution in [0.3, 0.4) is 0 Å². The standard InChI is InChI=1S/C20H18N4O2S3/c1-26-11-6-7-13-15(8-11)29-20(23-13)24-16(25)9-27-18-17-12-4-2-3-5-14(12)28-19(17)22-10-21-18/h6-8,10H,2-5,9H2,1H3,(H,23,24,25). The zero-order valence-corrected chi connectivity index (χ0v) is 18.2. The minimum atomic E-state index is -0.0862. The predicted molar refractivity (Wildman–Crippen MR) is 120 cm³/mol. The number of thiophene rings is 1. The second-order valence-corrected chi connectivity index (χ2v) is 9.84. The molecule has 1 aliphatic carbocycles. The predicted octanol–water partition coefficient (Wildman–Crippen LogP) is 4.92. The highest BCUT2D eigenvalue weighted by Gasteiger charge is 2.20. The average Bonchev–Trinajstić information content (AvgIpc) is 3.32. The van der Waals surface area contributed by atoms with Crippen LogP contribution in [-0.4, -0.2) is 33.7 Å². The molecule has 0 fully saturated rings. The molecule has 0 radical (unpaired) electrons. The van der Waals surface area contributed by atoms with E-state index in [1.165, 1.54) is 46.4 Å². The van der Waals surface area contributed by atoms with Gasteiger partial charge in [0.05, 0.1) is 23.1 Å². The van der Waals surface area contributed by atoms with Crippen LogP contribution in [0.4, 0.5) is 5.13 Å². The van der Waals surface area contributed by atoms with Crippen molar-refractivity contribution >= 4 is 65.9 Å². The molecular weight excluding hydrogens is 424 g/mol. The van der Waals surface area contributed by atoms with Gasteiger partial charge in [0.15, 0.2) is 5.13 Å². The number of carbonyl (C=O) groups is 1. The van der Waals surface area contributed by atoms with E-state index >= 15 is 0 Å². The number of nitrogens with one attached hydrogen (secondary N) is 1. The van der Waals surface area contributed by atoms with Gasteiger partial charge >= 0.3 is 0 Å². The highest BCUT2D eigenvalue weighted by Crippen LogP contribution is 2.39. The number of carbonyl (C=O) groups excluding carboxylic acids is 1. The summed E-state index contributed by atoms with van der Waals surface area (Å²) in [5, 5.41) is 5.56. The summed E-state index contributed by atoms with van der Waals surface area (Å²) in [7, 11) is 1.64. The Morgan fingerprint density at radius 2 is 2.14 bits per heavy atom. The maximum Gasteiger partial charge on any atom is 0.236 e. The summed E-state index contributed by atoms with van der Waals surface area (Å²) in [5.41, 5.74) is 2.24. The topological polar surface area (TPSA) is 77.0 Å². The van der Waals surface area contributed by atoms with Crippen LogP contribution < -0.4 is 10.1 Å². The molecule has 1 amide bonds. The molecule has 1 N–H and O–H groups in total. The van der Waals surface area contributed by atoms with E-state index < -0.39 is 0 Å². The number of thiazole rings is 1. The summed E-state index contributed by atoms with van der Waals surface area (Å²) < 4.78 is 6.23. The first-order valence-electron chi connectivity index (χ1n) is 9.34. The zero-order valence-electron chi connectivity index (χ0n) is 15.7. The van der Waals surface area contributed by atoms with Crippen molar-refractivity contribution in [2.24, 2.45) is 0 Å². The smallest absolute Gasteiger partial charge is 0.236 e. The summed E-state index contributed by atoms with van der Waals surface area (Å²) >= 11 is 4.68. The fourth-order valence-electron chi connectivity index (χ4n) is 3.55. The second kappa shape index (κ2) is 7.89. The van der Waals surface area contributed by atoms with Gasteiger partial charge in [-0.2, -0.15) is 0 Å². The molecular formula is C20H18N4O2S3. The molecule has 3 aromatic heterocycles. The van der Waals surface area contributed by atoms with E-state index in [-0.39, 0.29) is 11.7 Å². The molecule has 1 aliphatic rings. The number of amides is 1. The number of aryl methyl sites for hydroxylation is 2. The average molecular weight is 443 g/mol. The number of benzene rings is 1. The van der Waals surface area contributed by atoms with E-state index in [0.29, 0.717) is 5.13 Å². The van der Waals surface area contributed by atoms with E-state index in [1.807, 2.05) is 18.2 Å². The number of hydrogen-bond acceptors (Lipinski definition) is 8. The number of methoxy groups -OCH3 is 1. The monoisotopic (exact) mass is 442 g/mol. The number of fused-ring (bicyclic) bond motifs is 4. The number of ether oxygens (including phenoxy) is 1. The van der Waals surface area contributed by atoms with Gasteiger partial charge in [-0.05, 0) is 49.4 Å². The maximum atomic E-state index is 12.5. The Hall–Kier alpha value is -2.23. The van der Waals surface area contributed by atoms with Crippen LogP contribution in [0, 0.1) is 0 Å². The van der Waals surface area contributed by atoms with E-state index in [9.17, 15) is 4.79 Å². The van der Waals surface area contributed by atoms with Gasteiger partial charge in [0, 0.05) is 10.3 Å².